The van der Waals surface area contributed by atoms with Crippen LogP contribution in [0.3, 0.4) is 0 Å². The van der Waals surface area contributed by atoms with Gasteiger partial charge in [0.05, 0.1) is 24.3 Å². The number of nitrogens with zero attached hydrogens (tertiary/aromatic N) is 2. The summed E-state index contributed by atoms with van der Waals surface area (Å²) in [7, 11) is 7.46. The molecule has 0 N–H and O–H groups in total. The van der Waals surface area contributed by atoms with Crippen LogP contribution in [0.5, 0.6) is 5.75 Å². The van der Waals surface area contributed by atoms with Gasteiger partial charge < -0.3 is 9.30 Å². The first-order chi connectivity index (χ1) is 10.2. The van der Waals surface area contributed by atoms with Gasteiger partial charge in [-0.1, -0.05) is 23.7 Å². The molecule has 0 fully saturated rings. The number of hydrogen-bond acceptors (Lipinski definition) is 3. The van der Waals surface area contributed by atoms with E-state index in [1.54, 1.807) is 31.6 Å². The van der Waals surface area contributed by atoms with Crippen molar-refractivity contribution in [1.82, 2.24) is 9.55 Å². The van der Waals surface area contributed by atoms with Gasteiger partial charge in [0.2, 0.25) is 0 Å². The molecule has 1 heterocycles. The minimum Gasteiger partial charge on any atom is -0.497 e. The summed E-state index contributed by atoms with van der Waals surface area (Å²) in [5.74, 6) is 0.811. The summed E-state index contributed by atoms with van der Waals surface area (Å²) in [6.45, 7) is 0.608. The molecule has 102 valence electrons. The molecule has 0 aliphatic rings. The maximum absolute atomic E-state index is 11.8. The number of rotatable bonds is 3. The maximum atomic E-state index is 11.8. The van der Waals surface area contributed by atoms with Crippen LogP contribution >= 0.6 is 0 Å². The third-order valence-corrected chi connectivity index (χ3v) is 3.39. The Bertz CT molecular complexity index is 841. The van der Waals surface area contributed by atoms with E-state index in [0.717, 1.165) is 16.8 Å². The summed E-state index contributed by atoms with van der Waals surface area (Å²) in [4.78, 5) is 15.7. The van der Waals surface area contributed by atoms with Crippen LogP contribution in [0.1, 0.15) is 5.56 Å². The van der Waals surface area contributed by atoms with Gasteiger partial charge in [0.1, 0.15) is 13.6 Å². The van der Waals surface area contributed by atoms with Crippen molar-refractivity contribution < 1.29 is 4.74 Å². The summed E-state index contributed by atoms with van der Waals surface area (Å²) in [5.41, 5.74) is 2.25. The third kappa shape index (κ3) is 2.67. The zero-order chi connectivity index (χ0) is 14.8. The van der Waals surface area contributed by atoms with E-state index >= 15 is 0 Å². The minimum atomic E-state index is -0.240. The predicted octanol–water partition coefficient (Wildman–Crippen LogP) is 1.25. The molecule has 0 saturated carbocycles. The maximum Gasteiger partial charge on any atom is 0.280 e. The smallest absolute Gasteiger partial charge is 0.280 e. The molecular weight excluding hydrogens is 263 g/mol. The molecule has 5 heteroatoms. The lowest BCUT2D eigenvalue weighted by Gasteiger charge is -2.11. The molecule has 1 aromatic heterocycles. The van der Waals surface area contributed by atoms with E-state index in [1.165, 1.54) is 0 Å². The third-order valence-electron chi connectivity index (χ3n) is 3.39. The normalized spacial score (nSPS) is 10.7. The van der Waals surface area contributed by atoms with Crippen molar-refractivity contribution in [2.75, 3.05) is 7.11 Å². The van der Waals surface area contributed by atoms with Crippen LogP contribution in [-0.2, 0) is 6.54 Å². The largest absolute Gasteiger partial charge is 0.497 e. The van der Waals surface area contributed by atoms with Crippen LogP contribution in [0, 0.1) is 0 Å². The fourth-order valence-corrected chi connectivity index (χ4v) is 2.27. The number of fused-ring (bicyclic) bond motifs is 1. The molecule has 0 unspecified atom stereocenters. The van der Waals surface area contributed by atoms with Gasteiger partial charge in [0, 0.05) is 6.54 Å². The highest BCUT2D eigenvalue weighted by Crippen LogP contribution is 2.14. The number of benzene rings is 2. The summed E-state index contributed by atoms with van der Waals surface area (Å²) in [6, 6.07) is 13.0. The first kappa shape index (κ1) is 13.4. The number of ether oxygens (including phenoxy) is 1. The predicted molar refractivity (Wildman–Crippen MR) is 83.5 cm³/mol. The van der Waals surface area contributed by atoms with E-state index in [9.17, 15) is 4.79 Å². The van der Waals surface area contributed by atoms with Gasteiger partial charge in [-0.05, 0) is 29.8 Å². The Morgan fingerprint density at radius 1 is 1.19 bits per heavy atom. The van der Waals surface area contributed by atoms with Crippen LogP contribution in [0.15, 0.2) is 53.6 Å². The van der Waals surface area contributed by atoms with Crippen molar-refractivity contribution in [1.29, 1.82) is 0 Å². The second-order valence-electron chi connectivity index (χ2n) is 4.80. The lowest BCUT2D eigenvalue weighted by molar-refractivity contribution is 0.414. The summed E-state index contributed by atoms with van der Waals surface area (Å²) >= 11 is 0. The molecule has 0 bridgehead atoms. The van der Waals surface area contributed by atoms with Gasteiger partial charge in [-0.15, -0.1) is 0 Å². The molecule has 0 amide bonds. The second kappa shape index (κ2) is 5.44. The lowest BCUT2D eigenvalue weighted by atomic mass is 9.95. The summed E-state index contributed by atoms with van der Waals surface area (Å²) in [6.07, 6.45) is 1.55. The van der Waals surface area contributed by atoms with Crippen molar-refractivity contribution >= 4 is 24.2 Å². The summed E-state index contributed by atoms with van der Waals surface area (Å²) in [5, 5.41) is 0.570. The van der Waals surface area contributed by atoms with Crippen LogP contribution in [0.2, 0.25) is 0 Å². The molecule has 0 atom stereocenters. The van der Waals surface area contributed by atoms with E-state index < -0.39 is 0 Å². The molecule has 0 aliphatic carbocycles. The Balaban J connectivity index is 2.05. The minimum absolute atomic E-state index is 0.240. The van der Waals surface area contributed by atoms with Gasteiger partial charge in [-0.2, -0.15) is 4.98 Å². The van der Waals surface area contributed by atoms with Gasteiger partial charge >= 0.3 is 0 Å². The highest BCUT2D eigenvalue weighted by Gasteiger charge is 2.05. The molecule has 2 radical (unpaired) electrons. The number of aromatic nitrogens is 2. The fourth-order valence-electron chi connectivity index (χ4n) is 2.27. The molecule has 2 aromatic carbocycles. The molecule has 21 heavy (non-hydrogen) atoms. The first-order valence-corrected chi connectivity index (χ1v) is 6.55. The Morgan fingerprint density at radius 2 is 1.95 bits per heavy atom. The molecular formula is C16H13BN2O2. The van der Waals surface area contributed by atoms with Gasteiger partial charge in [0.15, 0.2) is 0 Å². The first-order valence-electron chi connectivity index (χ1n) is 6.55. The molecule has 0 saturated heterocycles. The zero-order valence-electron chi connectivity index (χ0n) is 11.6. The van der Waals surface area contributed by atoms with E-state index in [4.69, 9.17) is 12.6 Å². The van der Waals surface area contributed by atoms with Crippen molar-refractivity contribution in [3.63, 3.8) is 0 Å². The Labute approximate surface area is 123 Å². The topological polar surface area (TPSA) is 44.1 Å². The van der Waals surface area contributed by atoms with E-state index in [-0.39, 0.29) is 5.56 Å². The Morgan fingerprint density at radius 3 is 2.67 bits per heavy atom. The molecule has 4 nitrogen and oxygen atoms in total. The summed E-state index contributed by atoms with van der Waals surface area (Å²) < 4.78 is 7.06. The van der Waals surface area contributed by atoms with Crippen LogP contribution in [-0.4, -0.2) is 24.5 Å². The second-order valence-corrected chi connectivity index (χ2v) is 4.80. The standard InChI is InChI=1S/C16H13BN2O2/c1-21-13-5-2-11(3-6-13)9-19-10-18-16(20)14-7-4-12(17)8-15(14)19/h2-8,10H,9H2,1H3. The van der Waals surface area contributed by atoms with Crippen molar-refractivity contribution in [3.8, 4) is 5.75 Å². The number of hydrogen-bond donors (Lipinski definition) is 0. The van der Waals surface area contributed by atoms with Crippen LogP contribution < -0.4 is 15.8 Å². The van der Waals surface area contributed by atoms with Crippen molar-refractivity contribution in [3.05, 3.63) is 64.7 Å². The molecule has 0 aliphatic heterocycles. The number of methoxy groups -OCH3 is 1. The van der Waals surface area contributed by atoms with E-state index in [2.05, 4.69) is 4.98 Å². The van der Waals surface area contributed by atoms with E-state index in [1.807, 2.05) is 28.8 Å². The van der Waals surface area contributed by atoms with Crippen molar-refractivity contribution in [2.24, 2.45) is 0 Å². The van der Waals surface area contributed by atoms with Gasteiger partial charge in [-0.3, -0.25) is 4.79 Å². The highest BCUT2D eigenvalue weighted by atomic mass is 16.5. The van der Waals surface area contributed by atoms with Crippen LogP contribution in [0.4, 0.5) is 0 Å². The van der Waals surface area contributed by atoms with Gasteiger partial charge in [0.25, 0.3) is 5.56 Å². The average Bonchev–Trinajstić information content (AvgIpc) is 2.51. The highest BCUT2D eigenvalue weighted by molar-refractivity contribution is 6.33. The molecule has 3 rings (SSSR count). The van der Waals surface area contributed by atoms with Crippen LogP contribution in [0.25, 0.3) is 10.9 Å². The van der Waals surface area contributed by atoms with Gasteiger partial charge in [-0.25, -0.2) is 0 Å². The quantitative estimate of drug-likeness (QED) is 0.676. The Hall–Kier alpha value is -2.56. The lowest BCUT2D eigenvalue weighted by Crippen LogP contribution is -2.15. The monoisotopic (exact) mass is 276 g/mol. The fraction of sp³-hybridized carbons (Fsp3) is 0.125. The SMILES string of the molecule is [B]c1ccc2c(=O)ncn(Cc3ccc(OC)cc3)c2c1. The Kier molecular flexibility index (Phi) is 3.48. The zero-order valence-corrected chi connectivity index (χ0v) is 11.6. The van der Waals surface area contributed by atoms with E-state index in [0.29, 0.717) is 17.4 Å². The average molecular weight is 276 g/mol. The molecule has 0 spiro atoms. The van der Waals surface area contributed by atoms with Crippen molar-refractivity contribution in [2.45, 2.75) is 6.54 Å². The molecule has 3 aromatic rings.